The van der Waals surface area contributed by atoms with Gasteiger partial charge < -0.3 is 42.2 Å². The molecule has 4 unspecified atom stereocenters. The molecule has 0 aliphatic carbocycles. The molecule has 0 saturated carbocycles. The Morgan fingerprint density at radius 2 is 1.79 bits per heavy atom. The van der Waals surface area contributed by atoms with Crippen LogP contribution in [0.15, 0.2) is 30.5 Å². The third-order valence-corrected chi connectivity index (χ3v) is 6.57. The molecule has 14 nitrogen and oxygen atoms in total. The van der Waals surface area contributed by atoms with Gasteiger partial charge in [0.15, 0.2) is 0 Å². The first-order chi connectivity index (χ1) is 18.5. The molecule has 1 saturated heterocycles. The molecule has 4 atom stereocenters. The highest BCUT2D eigenvalue weighted by atomic mass is 16.4. The van der Waals surface area contributed by atoms with Crippen LogP contribution in [0.2, 0.25) is 0 Å². The first-order valence-corrected chi connectivity index (χ1v) is 12.4. The van der Waals surface area contributed by atoms with Gasteiger partial charge in [-0.3, -0.25) is 24.0 Å². The first-order valence-electron chi connectivity index (χ1n) is 12.4. The molecule has 1 aromatic heterocycles. The van der Waals surface area contributed by atoms with Gasteiger partial charge in [-0.05, 0) is 30.9 Å². The van der Waals surface area contributed by atoms with Crippen molar-refractivity contribution in [3.63, 3.8) is 0 Å². The van der Waals surface area contributed by atoms with Gasteiger partial charge in [0.2, 0.25) is 23.6 Å². The third-order valence-electron chi connectivity index (χ3n) is 6.57. The topological polar surface area (TPSA) is 238 Å². The summed E-state index contributed by atoms with van der Waals surface area (Å²) in [7, 11) is 0. The summed E-state index contributed by atoms with van der Waals surface area (Å²) in [4.78, 5) is 77.5. The van der Waals surface area contributed by atoms with Crippen LogP contribution in [0.4, 0.5) is 0 Å². The van der Waals surface area contributed by atoms with Crippen molar-refractivity contribution in [2.45, 2.75) is 62.7 Å². The molecule has 2 heterocycles. The van der Waals surface area contributed by atoms with Crippen molar-refractivity contribution in [1.82, 2.24) is 20.5 Å². The second-order valence-electron chi connectivity index (χ2n) is 9.42. The summed E-state index contributed by atoms with van der Waals surface area (Å²) in [5.41, 5.74) is 12.2. The number of fused-ring (bicyclic) bond motifs is 1. The molecule has 39 heavy (non-hydrogen) atoms. The van der Waals surface area contributed by atoms with E-state index in [1.807, 2.05) is 24.3 Å². The van der Waals surface area contributed by atoms with E-state index in [9.17, 15) is 33.9 Å². The largest absolute Gasteiger partial charge is 0.481 e. The highest BCUT2D eigenvalue weighted by Gasteiger charge is 2.39. The maximum atomic E-state index is 13.4. The lowest BCUT2D eigenvalue weighted by molar-refractivity contribution is -0.145. The third kappa shape index (κ3) is 7.54. The Balaban J connectivity index is 1.73. The van der Waals surface area contributed by atoms with E-state index in [4.69, 9.17) is 16.6 Å². The van der Waals surface area contributed by atoms with Gasteiger partial charge in [-0.15, -0.1) is 0 Å². The van der Waals surface area contributed by atoms with Crippen LogP contribution in [0.25, 0.3) is 10.9 Å². The highest BCUT2D eigenvalue weighted by Crippen LogP contribution is 2.22. The fourth-order valence-electron chi connectivity index (χ4n) is 4.61. The van der Waals surface area contributed by atoms with Crippen molar-refractivity contribution in [2.24, 2.45) is 11.5 Å². The van der Waals surface area contributed by atoms with Crippen molar-refractivity contribution >= 4 is 46.5 Å². The predicted octanol–water partition coefficient (Wildman–Crippen LogP) is -1.18. The Hall–Kier alpha value is -4.46. The smallest absolute Gasteiger partial charge is 0.326 e. The molecule has 14 heteroatoms. The maximum Gasteiger partial charge on any atom is 0.326 e. The molecule has 0 bridgehead atoms. The summed E-state index contributed by atoms with van der Waals surface area (Å²) >= 11 is 0. The summed E-state index contributed by atoms with van der Waals surface area (Å²) in [5.74, 6) is -5.55. The molecule has 0 radical (unpaired) electrons. The van der Waals surface area contributed by atoms with Gasteiger partial charge in [-0.25, -0.2) is 4.79 Å². The fourth-order valence-corrected chi connectivity index (χ4v) is 4.61. The number of carbonyl (C=O) groups is 6. The van der Waals surface area contributed by atoms with E-state index in [0.29, 0.717) is 12.0 Å². The zero-order valence-electron chi connectivity index (χ0n) is 21.1. The molecule has 4 amide bonds. The molecule has 2 aromatic rings. The van der Waals surface area contributed by atoms with Gasteiger partial charge in [0.1, 0.15) is 18.1 Å². The number of primary amides is 1. The van der Waals surface area contributed by atoms with E-state index < -0.39 is 72.6 Å². The number of amides is 4. The number of carboxylic acids is 2. The number of nitrogens with two attached hydrogens (primary N) is 2. The van der Waals surface area contributed by atoms with Crippen molar-refractivity contribution in [1.29, 1.82) is 0 Å². The number of benzene rings is 1. The normalized spacial score (nSPS) is 17.3. The van der Waals surface area contributed by atoms with Crippen LogP contribution in [-0.2, 0) is 35.2 Å². The summed E-state index contributed by atoms with van der Waals surface area (Å²) in [6, 6.07) is 2.35. The van der Waals surface area contributed by atoms with Gasteiger partial charge >= 0.3 is 11.9 Å². The quantitative estimate of drug-likeness (QED) is 0.160. The molecule has 1 aromatic carbocycles. The van der Waals surface area contributed by atoms with Crippen molar-refractivity contribution in [3.8, 4) is 0 Å². The number of carbonyl (C=O) groups excluding carboxylic acids is 4. The van der Waals surface area contributed by atoms with Gasteiger partial charge in [-0.2, -0.15) is 0 Å². The molecule has 210 valence electrons. The number of aromatic amines is 1. The number of para-hydroxylation sites is 1. The molecule has 1 fully saturated rings. The van der Waals surface area contributed by atoms with Crippen LogP contribution in [0, 0.1) is 0 Å². The van der Waals surface area contributed by atoms with E-state index >= 15 is 0 Å². The molecular weight excluding hydrogens is 512 g/mol. The number of H-pyrrole nitrogens is 1. The number of rotatable bonds is 13. The summed E-state index contributed by atoms with van der Waals surface area (Å²) < 4.78 is 0. The predicted molar refractivity (Wildman–Crippen MR) is 137 cm³/mol. The minimum Gasteiger partial charge on any atom is -0.481 e. The van der Waals surface area contributed by atoms with E-state index in [2.05, 4.69) is 15.6 Å². The number of hydrogen-bond donors (Lipinski definition) is 7. The van der Waals surface area contributed by atoms with E-state index in [0.717, 1.165) is 10.9 Å². The number of aromatic nitrogens is 1. The molecule has 1 aliphatic rings. The lowest BCUT2D eigenvalue weighted by Crippen LogP contribution is -2.57. The van der Waals surface area contributed by atoms with Crippen molar-refractivity contribution in [3.05, 3.63) is 36.0 Å². The Morgan fingerprint density at radius 3 is 2.46 bits per heavy atom. The minimum atomic E-state index is -1.35. The molecular formula is C25H32N6O8. The van der Waals surface area contributed by atoms with Crippen LogP contribution in [0.1, 0.15) is 37.7 Å². The van der Waals surface area contributed by atoms with Crippen molar-refractivity contribution in [2.75, 3.05) is 6.54 Å². The minimum absolute atomic E-state index is 0.000792. The van der Waals surface area contributed by atoms with Crippen LogP contribution >= 0.6 is 0 Å². The summed E-state index contributed by atoms with van der Waals surface area (Å²) in [5, 5.41) is 24.6. The number of hydrogen-bond acceptors (Lipinski definition) is 7. The summed E-state index contributed by atoms with van der Waals surface area (Å²) in [6.45, 7) is 0.143. The van der Waals surface area contributed by atoms with E-state index in [-0.39, 0.29) is 25.8 Å². The zero-order chi connectivity index (χ0) is 28.7. The lowest BCUT2D eigenvalue weighted by Gasteiger charge is -2.29. The van der Waals surface area contributed by atoms with Crippen LogP contribution in [-0.4, -0.2) is 86.4 Å². The summed E-state index contributed by atoms with van der Waals surface area (Å²) in [6.07, 6.45) is 1.14. The van der Waals surface area contributed by atoms with E-state index in [1.54, 1.807) is 6.20 Å². The average Bonchev–Trinajstić information content (AvgIpc) is 3.52. The average molecular weight is 545 g/mol. The Labute approximate surface area is 223 Å². The van der Waals surface area contributed by atoms with Crippen LogP contribution in [0.3, 0.4) is 0 Å². The van der Waals surface area contributed by atoms with E-state index in [1.165, 1.54) is 4.90 Å². The van der Waals surface area contributed by atoms with Crippen molar-refractivity contribution < 1.29 is 39.0 Å². The standard InChI is InChI=1S/C25H32N6O8/c26-15(11-20(27)32)22(35)29-17(7-8-21(33)34)24(37)31-9-3-6-19(31)23(36)30-18(25(38)39)10-13-12-28-16-5-2-1-4-14(13)16/h1-2,4-5,12,15,17-19,28H,3,6-11,26H2,(H2,27,32)(H,29,35)(H,30,36)(H,33,34)(H,38,39). The zero-order valence-corrected chi connectivity index (χ0v) is 21.1. The van der Waals surface area contributed by atoms with Gasteiger partial charge in [0, 0.05) is 36.5 Å². The Bertz CT molecular complexity index is 1260. The highest BCUT2D eigenvalue weighted by molar-refractivity contribution is 5.95. The molecule has 3 rings (SSSR count). The fraction of sp³-hybridized carbons (Fsp3) is 0.440. The second-order valence-corrected chi connectivity index (χ2v) is 9.42. The Morgan fingerprint density at radius 1 is 1.08 bits per heavy atom. The SMILES string of the molecule is NC(=O)CC(N)C(=O)NC(CCC(=O)O)C(=O)N1CCCC1C(=O)NC(Cc1c[nH]c2ccccc12)C(=O)O. The molecule has 9 N–H and O–H groups in total. The second kappa shape index (κ2) is 12.9. The monoisotopic (exact) mass is 544 g/mol. The van der Waals surface area contributed by atoms with Gasteiger partial charge in [-0.1, -0.05) is 18.2 Å². The molecule has 0 spiro atoms. The Kier molecular flexibility index (Phi) is 9.60. The van der Waals surface area contributed by atoms with Crippen LogP contribution < -0.4 is 22.1 Å². The first kappa shape index (κ1) is 29.1. The van der Waals surface area contributed by atoms with Crippen LogP contribution in [0.5, 0.6) is 0 Å². The lowest BCUT2D eigenvalue weighted by atomic mass is 10.0. The number of nitrogens with zero attached hydrogens (tertiary/aromatic N) is 1. The van der Waals surface area contributed by atoms with Gasteiger partial charge in [0.25, 0.3) is 0 Å². The number of aliphatic carboxylic acids is 2. The van der Waals surface area contributed by atoms with Gasteiger partial charge in [0.05, 0.1) is 12.5 Å². The number of carboxylic acid groups (broad SMARTS) is 2. The maximum absolute atomic E-state index is 13.4. The number of nitrogens with one attached hydrogen (secondary N) is 3. The molecule has 1 aliphatic heterocycles. The number of likely N-dealkylation sites (tertiary alicyclic amines) is 1.